The Morgan fingerprint density at radius 2 is 1.83 bits per heavy atom. The van der Waals surface area contributed by atoms with E-state index in [1.807, 2.05) is 49.9 Å². The maximum atomic E-state index is 12.6. The number of unbranched alkanes of at least 4 members (excludes halogenated alkanes) is 1. The maximum Gasteiger partial charge on any atom is 0.227 e. The Hall–Kier alpha value is -1.80. The highest BCUT2D eigenvalue weighted by Gasteiger charge is 2.21. The van der Waals surface area contributed by atoms with E-state index in [1.54, 1.807) is 0 Å². The van der Waals surface area contributed by atoms with Crippen molar-refractivity contribution in [1.29, 1.82) is 0 Å². The number of carbonyl (C=O) groups is 2. The third kappa shape index (κ3) is 8.22. The normalized spacial score (nSPS) is 11.3. The molecule has 2 amide bonds. The lowest BCUT2D eigenvalue weighted by Crippen LogP contribution is -2.36. The van der Waals surface area contributed by atoms with Gasteiger partial charge in [-0.3, -0.25) is 9.59 Å². The minimum Gasteiger partial charge on any atom is -0.342 e. The lowest BCUT2D eigenvalue weighted by atomic mass is 9.91. The van der Waals surface area contributed by atoms with Gasteiger partial charge in [-0.2, -0.15) is 0 Å². The number of rotatable bonds is 9. The molecule has 0 spiro atoms. The Bertz CT molecular complexity index is 815. The average molecular weight is 481 g/mol. The number of nitrogens with zero attached hydrogens (tertiary/aromatic N) is 3. The van der Waals surface area contributed by atoms with E-state index in [9.17, 15) is 9.59 Å². The zero-order chi connectivity index (χ0) is 21.4. The lowest BCUT2D eigenvalue weighted by Gasteiger charge is -2.26. The molecule has 2 rings (SSSR count). The number of hydrogen-bond acceptors (Lipinski definition) is 5. The highest BCUT2D eigenvalue weighted by molar-refractivity contribution is 9.10. The van der Waals surface area contributed by atoms with Crippen LogP contribution >= 0.6 is 27.3 Å². The van der Waals surface area contributed by atoms with Crippen LogP contribution in [0.4, 0.5) is 5.13 Å². The summed E-state index contributed by atoms with van der Waals surface area (Å²) in [6.07, 6.45) is 2.66. The molecule has 0 fully saturated rings. The van der Waals surface area contributed by atoms with Gasteiger partial charge < -0.3 is 10.2 Å². The maximum absolute atomic E-state index is 12.6. The van der Waals surface area contributed by atoms with Crippen molar-refractivity contribution < 1.29 is 9.59 Å². The summed E-state index contributed by atoms with van der Waals surface area (Å²) in [6, 6.07) is 7.77. The minimum absolute atomic E-state index is 0.0697. The highest BCUT2D eigenvalue weighted by atomic mass is 79.9. The van der Waals surface area contributed by atoms with Crippen molar-refractivity contribution in [2.45, 2.75) is 53.4 Å². The summed E-state index contributed by atoms with van der Waals surface area (Å²) < 4.78 is 0.993. The number of halogens is 1. The fraction of sp³-hybridized carbons (Fsp3) is 0.524. The topological polar surface area (TPSA) is 75.2 Å². The summed E-state index contributed by atoms with van der Waals surface area (Å²) >= 11 is 4.74. The molecule has 0 aliphatic carbocycles. The molecule has 1 aromatic carbocycles. The molecule has 0 unspecified atom stereocenters. The molecule has 0 aliphatic rings. The first-order valence-corrected chi connectivity index (χ1v) is 11.5. The van der Waals surface area contributed by atoms with Gasteiger partial charge in [0.05, 0.1) is 0 Å². The Morgan fingerprint density at radius 1 is 1.14 bits per heavy atom. The second-order valence-corrected chi connectivity index (χ2v) is 10.1. The van der Waals surface area contributed by atoms with Crippen molar-refractivity contribution in [3.8, 4) is 10.6 Å². The van der Waals surface area contributed by atoms with Gasteiger partial charge in [0.15, 0.2) is 0 Å². The first kappa shape index (κ1) is 23.5. The SMILES string of the molecule is CCCCN(CCC(=O)Nc1nnc(-c2ccc(Br)cc2)s1)C(=O)CC(C)(C)C. The summed E-state index contributed by atoms with van der Waals surface area (Å²) in [5.41, 5.74) is 0.879. The predicted octanol–water partition coefficient (Wildman–Crippen LogP) is 5.36. The van der Waals surface area contributed by atoms with E-state index >= 15 is 0 Å². The summed E-state index contributed by atoms with van der Waals surface area (Å²) in [4.78, 5) is 26.8. The van der Waals surface area contributed by atoms with E-state index in [2.05, 4.69) is 38.4 Å². The quantitative estimate of drug-likeness (QED) is 0.523. The van der Waals surface area contributed by atoms with Gasteiger partial charge in [0, 0.05) is 36.0 Å². The van der Waals surface area contributed by atoms with E-state index in [-0.39, 0.29) is 23.7 Å². The summed E-state index contributed by atoms with van der Waals surface area (Å²) in [5.74, 6) is -0.0549. The van der Waals surface area contributed by atoms with E-state index < -0.39 is 0 Å². The molecule has 0 saturated carbocycles. The molecular weight excluding hydrogens is 452 g/mol. The second kappa shape index (κ2) is 10.8. The summed E-state index contributed by atoms with van der Waals surface area (Å²) in [7, 11) is 0. The van der Waals surface area contributed by atoms with E-state index in [0.29, 0.717) is 24.6 Å². The van der Waals surface area contributed by atoms with Gasteiger partial charge in [-0.05, 0) is 24.0 Å². The summed E-state index contributed by atoms with van der Waals surface area (Å²) in [5, 5.41) is 12.2. The molecular formula is C21H29BrN4O2S. The molecule has 0 saturated heterocycles. The summed E-state index contributed by atoms with van der Waals surface area (Å²) in [6.45, 7) is 9.35. The van der Waals surface area contributed by atoms with Crippen LogP contribution < -0.4 is 5.32 Å². The zero-order valence-electron chi connectivity index (χ0n) is 17.5. The molecule has 158 valence electrons. The molecule has 8 heteroatoms. The van der Waals surface area contributed by atoms with Gasteiger partial charge in [-0.25, -0.2) is 0 Å². The molecule has 0 radical (unpaired) electrons. The Labute approximate surface area is 185 Å². The van der Waals surface area contributed by atoms with Gasteiger partial charge in [-0.15, -0.1) is 10.2 Å². The van der Waals surface area contributed by atoms with Crippen molar-refractivity contribution in [3.05, 3.63) is 28.7 Å². The van der Waals surface area contributed by atoms with Gasteiger partial charge in [0.1, 0.15) is 5.01 Å². The number of carbonyl (C=O) groups excluding carboxylic acids is 2. The average Bonchev–Trinajstić information content (AvgIpc) is 3.09. The van der Waals surface area contributed by atoms with Gasteiger partial charge in [0.25, 0.3) is 0 Å². The number of aromatic nitrogens is 2. The van der Waals surface area contributed by atoms with Gasteiger partial charge in [0.2, 0.25) is 16.9 Å². The number of benzene rings is 1. The Morgan fingerprint density at radius 3 is 2.45 bits per heavy atom. The van der Waals surface area contributed by atoms with Crippen LogP contribution in [0.15, 0.2) is 28.7 Å². The molecule has 0 atom stereocenters. The number of nitrogens with one attached hydrogen (secondary N) is 1. The van der Waals surface area contributed by atoms with Crippen LogP contribution in [0, 0.1) is 5.41 Å². The minimum atomic E-state index is -0.159. The van der Waals surface area contributed by atoms with Crippen LogP contribution in [0.5, 0.6) is 0 Å². The molecule has 1 N–H and O–H groups in total. The van der Waals surface area contributed by atoms with Crippen LogP contribution in [0.25, 0.3) is 10.6 Å². The largest absolute Gasteiger partial charge is 0.342 e. The van der Waals surface area contributed by atoms with Crippen molar-refractivity contribution in [1.82, 2.24) is 15.1 Å². The fourth-order valence-corrected chi connectivity index (χ4v) is 3.71. The van der Waals surface area contributed by atoms with Gasteiger partial charge >= 0.3 is 0 Å². The lowest BCUT2D eigenvalue weighted by molar-refractivity contribution is -0.133. The predicted molar refractivity (Wildman–Crippen MR) is 122 cm³/mol. The van der Waals surface area contributed by atoms with Crippen LogP contribution in [0.3, 0.4) is 0 Å². The molecule has 2 aromatic rings. The monoisotopic (exact) mass is 480 g/mol. The van der Waals surface area contributed by atoms with E-state index in [1.165, 1.54) is 11.3 Å². The molecule has 6 nitrogen and oxygen atoms in total. The fourth-order valence-electron chi connectivity index (χ4n) is 2.68. The third-order valence-corrected chi connectivity index (χ3v) is 5.60. The number of hydrogen-bond donors (Lipinski definition) is 1. The van der Waals surface area contributed by atoms with Crippen molar-refractivity contribution in [2.24, 2.45) is 5.41 Å². The first-order valence-electron chi connectivity index (χ1n) is 9.85. The standard InChI is InChI=1S/C21H29BrN4O2S/c1-5-6-12-26(18(28)14-21(2,3)4)13-11-17(27)23-20-25-24-19(29-20)15-7-9-16(22)10-8-15/h7-10H,5-6,11-14H2,1-4H3,(H,23,25,27). The molecule has 29 heavy (non-hydrogen) atoms. The molecule has 1 heterocycles. The Balaban J connectivity index is 1.91. The number of amides is 2. The van der Waals surface area contributed by atoms with Crippen molar-refractivity contribution >= 4 is 44.2 Å². The molecule has 1 aromatic heterocycles. The smallest absolute Gasteiger partial charge is 0.227 e. The number of anilines is 1. The van der Waals surface area contributed by atoms with Gasteiger partial charge in [-0.1, -0.05) is 73.5 Å². The van der Waals surface area contributed by atoms with Crippen LogP contribution in [0.2, 0.25) is 0 Å². The zero-order valence-corrected chi connectivity index (χ0v) is 19.9. The van der Waals surface area contributed by atoms with Crippen LogP contribution in [-0.2, 0) is 9.59 Å². The molecule has 0 aliphatic heterocycles. The highest BCUT2D eigenvalue weighted by Crippen LogP contribution is 2.27. The molecule has 0 bridgehead atoms. The first-order chi connectivity index (χ1) is 13.7. The van der Waals surface area contributed by atoms with Crippen molar-refractivity contribution in [2.75, 3.05) is 18.4 Å². The second-order valence-electron chi connectivity index (χ2n) is 8.19. The van der Waals surface area contributed by atoms with Crippen molar-refractivity contribution in [3.63, 3.8) is 0 Å². The third-order valence-electron chi connectivity index (χ3n) is 4.19. The van der Waals surface area contributed by atoms with Crippen LogP contribution in [0.1, 0.15) is 53.4 Å². The van der Waals surface area contributed by atoms with Crippen LogP contribution in [-0.4, -0.2) is 40.0 Å². The van der Waals surface area contributed by atoms with E-state index in [4.69, 9.17) is 0 Å². The Kier molecular flexibility index (Phi) is 8.77. The van der Waals surface area contributed by atoms with E-state index in [0.717, 1.165) is 27.9 Å².